The molecule has 1 aromatic carbocycles. The van der Waals surface area contributed by atoms with Crippen molar-refractivity contribution in [1.82, 2.24) is 15.3 Å². The highest BCUT2D eigenvalue weighted by Gasteiger charge is 2.23. The predicted octanol–water partition coefficient (Wildman–Crippen LogP) is 1.89. The summed E-state index contributed by atoms with van der Waals surface area (Å²) in [6.45, 7) is 1.63. The predicted molar refractivity (Wildman–Crippen MR) is 92.3 cm³/mol. The summed E-state index contributed by atoms with van der Waals surface area (Å²) in [5, 5.41) is 6.04. The number of likely N-dealkylation sites (N-methyl/N-ethyl adjacent to an activating group) is 1. The van der Waals surface area contributed by atoms with E-state index < -0.39 is 17.4 Å². The van der Waals surface area contributed by atoms with Crippen LogP contribution in [0, 0.1) is 11.6 Å². The van der Waals surface area contributed by atoms with Gasteiger partial charge in [0, 0.05) is 25.2 Å². The lowest BCUT2D eigenvalue weighted by Crippen LogP contribution is -2.30. The van der Waals surface area contributed by atoms with E-state index in [1.54, 1.807) is 6.07 Å². The number of nitrogens with zero attached hydrogens (tertiary/aromatic N) is 3. The van der Waals surface area contributed by atoms with Gasteiger partial charge in [0.1, 0.15) is 11.6 Å². The Morgan fingerprint density at radius 2 is 2.12 bits per heavy atom. The highest BCUT2D eigenvalue weighted by molar-refractivity contribution is 5.63. The molecule has 0 aliphatic carbocycles. The molecule has 1 saturated heterocycles. The normalized spacial score (nSPS) is 17.0. The minimum Gasteiger partial charge on any atom is -0.491 e. The van der Waals surface area contributed by atoms with Gasteiger partial charge >= 0.3 is 0 Å². The summed E-state index contributed by atoms with van der Waals surface area (Å²) in [6, 6.07) is 4.46. The molecule has 25 heavy (non-hydrogen) atoms. The molecule has 0 unspecified atom stereocenters. The van der Waals surface area contributed by atoms with Gasteiger partial charge in [0.2, 0.25) is 5.95 Å². The van der Waals surface area contributed by atoms with Crippen LogP contribution in [0.15, 0.2) is 18.2 Å². The standard InChI is InChI=1S/C16H20F2N6O/c1-20-9-5-6-24(8-9)13-7-12(22-16(19)23-13)21-11-4-3-10(17)15(25-2)14(11)18/h3-4,7,9,20H,5-6,8H2,1-2H3,(H3,19,21,22,23)/t9-/m1/s1. The molecule has 0 saturated carbocycles. The van der Waals surface area contributed by atoms with Crippen LogP contribution >= 0.6 is 0 Å². The Morgan fingerprint density at radius 3 is 2.80 bits per heavy atom. The molecule has 7 nitrogen and oxygen atoms in total. The van der Waals surface area contributed by atoms with E-state index >= 15 is 0 Å². The van der Waals surface area contributed by atoms with Crippen molar-refractivity contribution in [3.63, 3.8) is 0 Å². The molecule has 0 bridgehead atoms. The Kier molecular flexibility index (Phi) is 4.84. The number of anilines is 4. The van der Waals surface area contributed by atoms with Crippen LogP contribution in [0.2, 0.25) is 0 Å². The van der Waals surface area contributed by atoms with Gasteiger partial charge in [0.05, 0.1) is 12.8 Å². The molecular weight excluding hydrogens is 330 g/mol. The highest BCUT2D eigenvalue weighted by atomic mass is 19.1. The number of nitrogens with one attached hydrogen (secondary N) is 2. The van der Waals surface area contributed by atoms with Gasteiger partial charge in [-0.3, -0.25) is 0 Å². The van der Waals surface area contributed by atoms with Gasteiger partial charge in [-0.2, -0.15) is 9.97 Å². The first-order valence-electron chi connectivity index (χ1n) is 7.87. The molecule has 1 aromatic heterocycles. The monoisotopic (exact) mass is 350 g/mol. The van der Waals surface area contributed by atoms with Gasteiger partial charge in [0.25, 0.3) is 0 Å². The van der Waals surface area contributed by atoms with E-state index in [1.807, 2.05) is 7.05 Å². The SMILES string of the molecule is CN[C@@H]1CCN(c2cc(Nc3ccc(F)c(OC)c3F)nc(N)n2)C1. The van der Waals surface area contributed by atoms with Crippen molar-refractivity contribution in [3.05, 3.63) is 29.8 Å². The zero-order valence-corrected chi connectivity index (χ0v) is 14.0. The maximum atomic E-state index is 14.3. The van der Waals surface area contributed by atoms with Crippen LogP contribution in [0.25, 0.3) is 0 Å². The van der Waals surface area contributed by atoms with Crippen molar-refractivity contribution in [2.45, 2.75) is 12.5 Å². The maximum absolute atomic E-state index is 14.3. The number of halogens is 2. The number of hydrogen-bond acceptors (Lipinski definition) is 7. The molecule has 1 fully saturated rings. The summed E-state index contributed by atoms with van der Waals surface area (Å²) in [5.74, 6) is -1.02. The number of rotatable bonds is 5. The Morgan fingerprint density at radius 1 is 1.32 bits per heavy atom. The first-order chi connectivity index (χ1) is 12.0. The second kappa shape index (κ2) is 7.06. The molecular formula is C16H20F2N6O. The van der Waals surface area contributed by atoms with Gasteiger partial charge in [0.15, 0.2) is 17.4 Å². The van der Waals surface area contributed by atoms with Crippen molar-refractivity contribution in [2.24, 2.45) is 0 Å². The van der Waals surface area contributed by atoms with Crippen LogP contribution in [-0.2, 0) is 0 Å². The molecule has 0 amide bonds. The second-order valence-electron chi connectivity index (χ2n) is 5.76. The number of ether oxygens (including phenoxy) is 1. The summed E-state index contributed by atoms with van der Waals surface area (Å²) in [4.78, 5) is 10.4. The molecule has 4 N–H and O–H groups in total. The molecule has 1 aliphatic rings. The Hall–Kier alpha value is -2.68. The topological polar surface area (TPSA) is 88.3 Å². The molecule has 1 atom stereocenters. The average Bonchev–Trinajstić information content (AvgIpc) is 3.07. The van der Waals surface area contributed by atoms with E-state index in [4.69, 9.17) is 10.5 Å². The fourth-order valence-corrected chi connectivity index (χ4v) is 2.84. The Balaban J connectivity index is 1.87. The van der Waals surface area contributed by atoms with Crippen LogP contribution in [0.1, 0.15) is 6.42 Å². The summed E-state index contributed by atoms with van der Waals surface area (Å²) >= 11 is 0. The molecule has 0 spiro atoms. The second-order valence-corrected chi connectivity index (χ2v) is 5.76. The number of nitrogens with two attached hydrogens (primary N) is 1. The van der Waals surface area contributed by atoms with E-state index in [0.29, 0.717) is 17.7 Å². The third-order valence-corrected chi connectivity index (χ3v) is 4.17. The van der Waals surface area contributed by atoms with E-state index in [2.05, 4.69) is 25.5 Å². The molecule has 2 aromatic rings. The third-order valence-electron chi connectivity index (χ3n) is 4.17. The molecule has 134 valence electrons. The van der Waals surface area contributed by atoms with Gasteiger partial charge in [-0.15, -0.1) is 0 Å². The summed E-state index contributed by atoms with van der Waals surface area (Å²) in [7, 11) is 3.12. The number of methoxy groups -OCH3 is 1. The van der Waals surface area contributed by atoms with Crippen LogP contribution in [0.3, 0.4) is 0 Å². The van der Waals surface area contributed by atoms with Crippen molar-refractivity contribution in [3.8, 4) is 5.75 Å². The fourth-order valence-electron chi connectivity index (χ4n) is 2.84. The summed E-state index contributed by atoms with van der Waals surface area (Å²) in [6.07, 6.45) is 0.993. The molecule has 9 heteroatoms. The average molecular weight is 350 g/mol. The van der Waals surface area contributed by atoms with E-state index in [-0.39, 0.29) is 11.6 Å². The molecule has 1 aliphatic heterocycles. The smallest absolute Gasteiger partial charge is 0.223 e. The van der Waals surface area contributed by atoms with Crippen molar-refractivity contribution < 1.29 is 13.5 Å². The fraction of sp³-hybridized carbons (Fsp3) is 0.375. The van der Waals surface area contributed by atoms with Gasteiger partial charge < -0.3 is 26.0 Å². The van der Waals surface area contributed by atoms with Gasteiger partial charge in [-0.25, -0.2) is 8.78 Å². The Labute approximate surface area is 144 Å². The van der Waals surface area contributed by atoms with Crippen LogP contribution in [0.5, 0.6) is 5.75 Å². The first kappa shape index (κ1) is 17.2. The highest BCUT2D eigenvalue weighted by Crippen LogP contribution is 2.30. The molecule has 3 rings (SSSR count). The van der Waals surface area contributed by atoms with Crippen LogP contribution in [-0.4, -0.2) is 43.3 Å². The van der Waals surface area contributed by atoms with Gasteiger partial charge in [-0.1, -0.05) is 0 Å². The van der Waals surface area contributed by atoms with E-state index in [0.717, 1.165) is 25.6 Å². The quantitative estimate of drug-likeness (QED) is 0.759. The van der Waals surface area contributed by atoms with Crippen molar-refractivity contribution >= 4 is 23.3 Å². The number of nitrogen functional groups attached to an aromatic ring is 1. The lowest BCUT2D eigenvalue weighted by Gasteiger charge is -2.19. The molecule has 0 radical (unpaired) electrons. The minimum absolute atomic E-state index is 0.0387. The molecule has 2 heterocycles. The maximum Gasteiger partial charge on any atom is 0.223 e. The van der Waals surface area contributed by atoms with Crippen molar-refractivity contribution in [1.29, 1.82) is 0 Å². The number of aromatic nitrogens is 2. The number of benzene rings is 1. The van der Waals surface area contributed by atoms with Crippen molar-refractivity contribution in [2.75, 3.05) is 43.2 Å². The number of hydrogen-bond donors (Lipinski definition) is 3. The lowest BCUT2D eigenvalue weighted by atomic mass is 10.2. The lowest BCUT2D eigenvalue weighted by molar-refractivity contribution is 0.361. The van der Waals surface area contributed by atoms with Gasteiger partial charge in [-0.05, 0) is 25.6 Å². The zero-order chi connectivity index (χ0) is 18.0. The largest absolute Gasteiger partial charge is 0.491 e. The summed E-state index contributed by atoms with van der Waals surface area (Å²) in [5.41, 5.74) is 5.82. The minimum atomic E-state index is -0.836. The Bertz CT molecular complexity index is 773. The van der Waals surface area contributed by atoms with E-state index in [9.17, 15) is 8.78 Å². The first-order valence-corrected chi connectivity index (χ1v) is 7.87. The summed E-state index contributed by atoms with van der Waals surface area (Å²) < 4.78 is 32.6. The van der Waals surface area contributed by atoms with Crippen LogP contribution in [0.4, 0.5) is 32.1 Å². The zero-order valence-electron chi connectivity index (χ0n) is 14.0. The van der Waals surface area contributed by atoms with Crippen LogP contribution < -0.4 is 26.0 Å². The third kappa shape index (κ3) is 3.55. The van der Waals surface area contributed by atoms with E-state index in [1.165, 1.54) is 13.2 Å².